The van der Waals surface area contributed by atoms with E-state index in [4.69, 9.17) is 0 Å². The maximum absolute atomic E-state index is 12.2. The van der Waals surface area contributed by atoms with Gasteiger partial charge in [-0.05, 0) is 92.8 Å². The molecule has 0 aromatic carbocycles. The lowest BCUT2D eigenvalue weighted by Crippen LogP contribution is -2.49. The first-order chi connectivity index (χ1) is 14.4. The van der Waals surface area contributed by atoms with Crippen molar-refractivity contribution in [1.29, 1.82) is 0 Å². The molecule has 4 rings (SSSR count). The van der Waals surface area contributed by atoms with Gasteiger partial charge in [0.1, 0.15) is 6.61 Å². The van der Waals surface area contributed by atoms with Crippen LogP contribution in [0, 0.1) is 40.9 Å². The predicted molar refractivity (Wildman–Crippen MR) is 122 cm³/mol. The monoisotopic (exact) mass is 424 g/mol. The highest BCUT2D eigenvalue weighted by Gasteiger charge is 2.58. The average Bonchev–Trinajstić information content (AvgIpc) is 3.10. The number of carbonyl (C=O) groups is 1. The lowest BCUT2D eigenvalue weighted by molar-refractivity contribution is -0.133. The molecule has 4 aliphatic rings. The van der Waals surface area contributed by atoms with Crippen molar-refractivity contribution in [3.05, 3.63) is 0 Å². The van der Waals surface area contributed by atoms with Crippen molar-refractivity contribution in [3.8, 4) is 0 Å². The van der Waals surface area contributed by atoms with Gasteiger partial charge in [-0.15, -0.1) is 0 Å². The Bertz CT molecular complexity index is 519. The van der Waals surface area contributed by atoms with E-state index in [-0.39, 0.29) is 29.8 Å². The molecule has 0 aromatic heterocycles. The van der Waals surface area contributed by atoms with E-state index in [0.29, 0.717) is 5.92 Å². The van der Waals surface area contributed by atoms with Gasteiger partial charge in [0.25, 0.3) is 0 Å². The van der Waals surface area contributed by atoms with E-state index < -0.39 is 0 Å². The Hall–Kier alpha value is -0.450. The highest BCUT2D eigenvalue weighted by Crippen LogP contribution is 2.64. The summed E-state index contributed by atoms with van der Waals surface area (Å²) in [6.07, 6.45) is 13.0. The summed E-state index contributed by atoms with van der Waals surface area (Å²) in [7, 11) is 3.25. The molecule has 176 valence electrons. The molecule has 30 heavy (non-hydrogen) atoms. The van der Waals surface area contributed by atoms with Crippen LogP contribution in [0.3, 0.4) is 0 Å². The van der Waals surface area contributed by atoms with Crippen LogP contribution in [0.2, 0.25) is 0 Å². The Morgan fingerprint density at radius 1 is 0.933 bits per heavy atom. The molecule has 4 saturated carbocycles. The quantitative estimate of drug-likeness (QED) is 0.649. The first-order valence-corrected chi connectivity index (χ1v) is 12.6. The number of aliphatic hydroxyl groups is 2. The lowest BCUT2D eigenvalue weighted by Gasteiger charge is -2.56. The zero-order chi connectivity index (χ0) is 22.3. The van der Waals surface area contributed by atoms with Gasteiger partial charge >= 0.3 is 0 Å². The summed E-state index contributed by atoms with van der Waals surface area (Å²) in [6, 6.07) is 0. The number of unbranched alkanes of at least 4 members (excludes halogenated alkanes) is 1. The number of aliphatic hydroxyl groups excluding tert-OH is 2. The molecule has 4 fully saturated rings. The van der Waals surface area contributed by atoms with Crippen molar-refractivity contribution in [1.82, 2.24) is 0 Å². The minimum Gasteiger partial charge on any atom is -0.393 e. The molecule has 0 radical (unpaired) electrons. The second-order valence-corrected chi connectivity index (χ2v) is 10.6. The first-order valence-electron chi connectivity index (χ1n) is 12.6. The maximum atomic E-state index is 12.2. The minimum atomic E-state index is -0.274. The standard InChI is InChI=1S/C20H32O3.C4H10.C2H6O/c1-20-9-8-15-14-5-3-13(22)10-12(14)2-4-16(15)17(20)6-7-18(20)19(23)11-21;1-3-4-2;1-3-2/h12-18,21-22H,2-11H2,1H3;3-4H2,1-2H3;1-2H3. The van der Waals surface area contributed by atoms with Gasteiger partial charge in [0.2, 0.25) is 0 Å². The molecule has 0 aromatic rings. The molecule has 2 N–H and O–H groups in total. The summed E-state index contributed by atoms with van der Waals surface area (Å²) in [5, 5.41) is 19.3. The van der Waals surface area contributed by atoms with Crippen molar-refractivity contribution in [2.75, 3.05) is 20.8 Å². The lowest BCUT2D eigenvalue weighted by atomic mass is 9.49. The number of Topliss-reactive ketones (excluding diaryl/α,β-unsaturated/α-hetero) is 1. The summed E-state index contributed by atoms with van der Waals surface area (Å²) in [4.78, 5) is 12.2. The molecule has 8 unspecified atom stereocenters. The molecule has 0 spiro atoms. The van der Waals surface area contributed by atoms with Crippen molar-refractivity contribution in [3.63, 3.8) is 0 Å². The van der Waals surface area contributed by atoms with Crippen LogP contribution < -0.4 is 0 Å². The number of hydrogen-bond donors (Lipinski definition) is 2. The second-order valence-electron chi connectivity index (χ2n) is 10.6. The predicted octanol–water partition coefficient (Wildman–Crippen LogP) is 5.25. The summed E-state index contributed by atoms with van der Waals surface area (Å²) in [5.74, 6) is 4.08. The topological polar surface area (TPSA) is 66.8 Å². The van der Waals surface area contributed by atoms with Gasteiger partial charge in [0, 0.05) is 20.1 Å². The van der Waals surface area contributed by atoms with Crippen LogP contribution in [0.25, 0.3) is 0 Å². The number of methoxy groups -OCH3 is 1. The molecule has 4 heteroatoms. The number of ether oxygens (including phenoxy) is 1. The maximum Gasteiger partial charge on any atom is 0.161 e. The van der Waals surface area contributed by atoms with Gasteiger partial charge in [-0.25, -0.2) is 0 Å². The van der Waals surface area contributed by atoms with Gasteiger partial charge in [-0.3, -0.25) is 4.79 Å². The Labute approximate surface area is 185 Å². The highest BCUT2D eigenvalue weighted by atomic mass is 16.4. The van der Waals surface area contributed by atoms with Crippen molar-refractivity contribution >= 4 is 5.78 Å². The Morgan fingerprint density at radius 2 is 1.57 bits per heavy atom. The summed E-state index contributed by atoms with van der Waals surface area (Å²) in [5.41, 5.74) is 0.141. The third-order valence-corrected chi connectivity index (χ3v) is 8.97. The van der Waals surface area contributed by atoms with E-state index in [1.807, 2.05) is 0 Å². The summed E-state index contributed by atoms with van der Waals surface area (Å²) in [6.45, 7) is 6.43. The Morgan fingerprint density at radius 3 is 2.17 bits per heavy atom. The number of rotatable bonds is 3. The van der Waals surface area contributed by atoms with Crippen LogP contribution in [0.15, 0.2) is 0 Å². The van der Waals surface area contributed by atoms with Crippen molar-refractivity contribution in [2.24, 2.45) is 40.9 Å². The molecule has 0 bridgehead atoms. The van der Waals surface area contributed by atoms with E-state index >= 15 is 0 Å². The first kappa shape index (κ1) is 25.8. The Balaban J connectivity index is 0.000000403. The van der Waals surface area contributed by atoms with Gasteiger partial charge < -0.3 is 14.9 Å². The van der Waals surface area contributed by atoms with Gasteiger partial charge in [0.05, 0.1) is 6.10 Å². The van der Waals surface area contributed by atoms with E-state index in [0.717, 1.165) is 42.9 Å². The minimum absolute atomic E-state index is 0.0558. The van der Waals surface area contributed by atoms with Crippen molar-refractivity contribution < 1.29 is 19.7 Å². The normalized spacial score (nSPS) is 41.8. The number of ketones is 1. The Kier molecular flexibility index (Phi) is 10.3. The smallest absolute Gasteiger partial charge is 0.161 e. The molecule has 0 saturated heterocycles. The fourth-order valence-corrected chi connectivity index (χ4v) is 7.47. The van der Waals surface area contributed by atoms with Crippen LogP contribution in [0.5, 0.6) is 0 Å². The van der Waals surface area contributed by atoms with E-state index in [2.05, 4.69) is 25.5 Å². The number of hydrogen-bond acceptors (Lipinski definition) is 4. The molecule has 0 aliphatic heterocycles. The molecular formula is C26H48O4. The number of carbonyl (C=O) groups excluding carboxylic acids is 1. The van der Waals surface area contributed by atoms with Crippen LogP contribution in [-0.2, 0) is 9.53 Å². The highest BCUT2D eigenvalue weighted by molar-refractivity contribution is 5.83. The third-order valence-electron chi connectivity index (χ3n) is 8.97. The molecule has 0 amide bonds. The average molecular weight is 425 g/mol. The molecule has 0 heterocycles. The molecule has 4 nitrogen and oxygen atoms in total. The van der Waals surface area contributed by atoms with E-state index in [1.54, 1.807) is 14.2 Å². The third kappa shape index (κ3) is 5.48. The molecule has 4 aliphatic carbocycles. The van der Waals surface area contributed by atoms with Gasteiger partial charge in [-0.2, -0.15) is 0 Å². The largest absolute Gasteiger partial charge is 0.393 e. The van der Waals surface area contributed by atoms with Crippen LogP contribution in [0.1, 0.15) is 91.4 Å². The molecule has 8 atom stereocenters. The fourth-order valence-electron chi connectivity index (χ4n) is 7.47. The molecular weight excluding hydrogens is 376 g/mol. The van der Waals surface area contributed by atoms with Crippen LogP contribution in [0.4, 0.5) is 0 Å². The van der Waals surface area contributed by atoms with Gasteiger partial charge in [-0.1, -0.05) is 33.6 Å². The fraction of sp³-hybridized carbons (Fsp3) is 0.962. The summed E-state index contributed by atoms with van der Waals surface area (Å²) >= 11 is 0. The SMILES string of the molecule is CC12CCC3C4CCC(O)CC4CCC3C1CCC2C(=O)CO.CCCC.COC. The second kappa shape index (κ2) is 12.0. The van der Waals surface area contributed by atoms with Crippen LogP contribution >= 0.6 is 0 Å². The zero-order valence-corrected chi connectivity index (χ0v) is 20.2. The van der Waals surface area contributed by atoms with Crippen molar-refractivity contribution in [2.45, 2.75) is 97.5 Å². The summed E-state index contributed by atoms with van der Waals surface area (Å²) < 4.78 is 4.25. The van der Waals surface area contributed by atoms with Crippen LogP contribution in [-0.4, -0.2) is 42.9 Å². The van der Waals surface area contributed by atoms with E-state index in [9.17, 15) is 15.0 Å². The van der Waals surface area contributed by atoms with E-state index in [1.165, 1.54) is 51.4 Å². The van der Waals surface area contributed by atoms with Gasteiger partial charge in [0.15, 0.2) is 5.78 Å². The number of fused-ring (bicyclic) bond motifs is 5. The zero-order valence-electron chi connectivity index (χ0n) is 20.2.